The maximum absolute atomic E-state index is 6.41. The van der Waals surface area contributed by atoms with Gasteiger partial charge >= 0.3 is 0 Å². The lowest BCUT2D eigenvalue weighted by atomic mass is 9.99. The average Bonchev–Trinajstić information content (AvgIpc) is 2.74. The summed E-state index contributed by atoms with van der Waals surface area (Å²) in [6, 6.07) is 5.59. The highest BCUT2D eigenvalue weighted by Gasteiger charge is 2.20. The third-order valence-electron chi connectivity index (χ3n) is 3.21. The molecule has 2 N–H and O–H groups in total. The molecule has 3 nitrogen and oxygen atoms in total. The van der Waals surface area contributed by atoms with E-state index < -0.39 is 0 Å². The molecule has 0 aliphatic heterocycles. The molecule has 1 atom stereocenters. The van der Waals surface area contributed by atoms with Crippen molar-refractivity contribution in [1.82, 2.24) is 9.78 Å². The minimum Gasteiger partial charge on any atom is -0.319 e. The van der Waals surface area contributed by atoms with Crippen LogP contribution in [0.1, 0.15) is 36.2 Å². The number of nitrogens with two attached hydrogens (primary N) is 1. The summed E-state index contributed by atoms with van der Waals surface area (Å²) < 4.78 is 2.89. The zero-order chi connectivity index (χ0) is 14.0. The molecule has 1 unspecified atom stereocenters. The van der Waals surface area contributed by atoms with Crippen molar-refractivity contribution in [2.24, 2.45) is 5.73 Å². The van der Waals surface area contributed by atoms with Crippen molar-refractivity contribution in [3.8, 4) is 0 Å². The smallest absolute Gasteiger partial charge is 0.0739 e. The monoisotopic (exact) mass is 341 g/mol. The van der Waals surface area contributed by atoms with Gasteiger partial charge in [0.2, 0.25) is 0 Å². The Bertz CT molecular complexity index is 580. The molecule has 1 aromatic heterocycles. The van der Waals surface area contributed by atoms with E-state index in [9.17, 15) is 0 Å². The van der Waals surface area contributed by atoms with Crippen molar-refractivity contribution in [3.05, 3.63) is 50.7 Å². The fourth-order valence-electron chi connectivity index (χ4n) is 2.18. The highest BCUT2D eigenvalue weighted by molar-refractivity contribution is 9.10. The molecule has 0 fully saturated rings. The molecule has 2 rings (SSSR count). The summed E-state index contributed by atoms with van der Waals surface area (Å²) in [7, 11) is 0. The normalized spacial score (nSPS) is 12.7. The van der Waals surface area contributed by atoms with Crippen LogP contribution in [0.25, 0.3) is 0 Å². The van der Waals surface area contributed by atoms with Gasteiger partial charge in [-0.25, -0.2) is 0 Å². The van der Waals surface area contributed by atoms with Crippen LogP contribution in [-0.2, 0) is 6.54 Å². The molecular weight excluding hydrogens is 326 g/mol. The number of nitrogens with zero attached hydrogens (tertiary/aromatic N) is 2. The lowest BCUT2D eigenvalue weighted by molar-refractivity contribution is 0.558. The van der Waals surface area contributed by atoms with Gasteiger partial charge in [-0.2, -0.15) is 5.10 Å². The Morgan fingerprint density at radius 2 is 2.21 bits per heavy atom. The van der Waals surface area contributed by atoms with E-state index in [0.29, 0.717) is 0 Å². The van der Waals surface area contributed by atoms with Crippen LogP contribution in [0.15, 0.2) is 28.9 Å². The van der Waals surface area contributed by atoms with Gasteiger partial charge in [0.05, 0.1) is 22.4 Å². The molecule has 2 aromatic rings. The lowest BCUT2D eigenvalue weighted by Gasteiger charge is -2.18. The van der Waals surface area contributed by atoms with Gasteiger partial charge in [-0.15, -0.1) is 0 Å². The molecule has 0 amide bonds. The van der Waals surface area contributed by atoms with E-state index >= 15 is 0 Å². The fraction of sp³-hybridized carbons (Fsp3) is 0.357. The van der Waals surface area contributed by atoms with Gasteiger partial charge in [-0.05, 0) is 46.5 Å². The van der Waals surface area contributed by atoms with E-state index in [-0.39, 0.29) is 6.04 Å². The van der Waals surface area contributed by atoms with Crippen molar-refractivity contribution < 1.29 is 0 Å². The highest BCUT2D eigenvalue weighted by atomic mass is 79.9. The molecule has 0 bridgehead atoms. The average molecular weight is 343 g/mol. The first kappa shape index (κ1) is 14.6. The van der Waals surface area contributed by atoms with Crippen molar-refractivity contribution in [1.29, 1.82) is 0 Å². The summed E-state index contributed by atoms with van der Waals surface area (Å²) >= 11 is 9.70. The van der Waals surface area contributed by atoms with E-state index in [2.05, 4.69) is 28.0 Å². The van der Waals surface area contributed by atoms with E-state index in [1.807, 2.05) is 29.8 Å². The van der Waals surface area contributed by atoms with Gasteiger partial charge in [0.15, 0.2) is 0 Å². The minimum atomic E-state index is -0.234. The van der Waals surface area contributed by atoms with Crippen LogP contribution in [0.2, 0.25) is 5.02 Å². The second-order valence-electron chi connectivity index (χ2n) is 4.53. The van der Waals surface area contributed by atoms with E-state index in [1.54, 1.807) is 6.20 Å². The van der Waals surface area contributed by atoms with Gasteiger partial charge < -0.3 is 5.73 Å². The number of hydrogen-bond acceptors (Lipinski definition) is 2. The first-order chi connectivity index (χ1) is 9.06. The highest BCUT2D eigenvalue weighted by Crippen LogP contribution is 2.31. The summed E-state index contributed by atoms with van der Waals surface area (Å²) in [5, 5.41) is 5.10. The molecule has 0 saturated carbocycles. The maximum Gasteiger partial charge on any atom is 0.0739 e. The Morgan fingerprint density at radius 3 is 2.89 bits per heavy atom. The van der Waals surface area contributed by atoms with Crippen molar-refractivity contribution in [3.63, 3.8) is 0 Å². The van der Waals surface area contributed by atoms with Crippen molar-refractivity contribution in [2.75, 3.05) is 0 Å². The molecular formula is C14H17BrClN3. The summed E-state index contributed by atoms with van der Waals surface area (Å²) in [5.41, 5.74) is 9.46. The summed E-state index contributed by atoms with van der Waals surface area (Å²) in [6.45, 7) is 4.97. The van der Waals surface area contributed by atoms with Crippen LogP contribution in [-0.4, -0.2) is 9.78 Å². The van der Waals surface area contributed by atoms with Gasteiger partial charge in [0.25, 0.3) is 0 Å². The second kappa shape index (κ2) is 6.07. The summed E-state index contributed by atoms with van der Waals surface area (Å²) in [6.07, 6.45) is 2.81. The fourth-order valence-corrected chi connectivity index (χ4v) is 2.90. The topological polar surface area (TPSA) is 43.8 Å². The molecule has 0 spiro atoms. The van der Waals surface area contributed by atoms with Crippen LogP contribution in [0.5, 0.6) is 0 Å². The van der Waals surface area contributed by atoms with E-state index in [0.717, 1.165) is 39.3 Å². The Hall–Kier alpha value is -0.840. The molecule has 19 heavy (non-hydrogen) atoms. The van der Waals surface area contributed by atoms with Crippen molar-refractivity contribution in [2.45, 2.75) is 32.9 Å². The molecule has 5 heteroatoms. The van der Waals surface area contributed by atoms with Crippen LogP contribution in [0.3, 0.4) is 0 Å². The standard InChI is InChI=1S/C14H17BrClN3/c1-3-7-19-14(11(15)8-18-19)13(17)10-5-4-6-12(16)9(10)2/h4-6,8,13H,3,7,17H2,1-2H3. The Morgan fingerprint density at radius 1 is 1.47 bits per heavy atom. The van der Waals surface area contributed by atoms with E-state index in [4.69, 9.17) is 17.3 Å². The number of hydrogen-bond donors (Lipinski definition) is 1. The van der Waals surface area contributed by atoms with Crippen LogP contribution >= 0.6 is 27.5 Å². The third-order valence-corrected chi connectivity index (χ3v) is 4.23. The molecule has 1 aromatic carbocycles. The van der Waals surface area contributed by atoms with E-state index in [1.165, 1.54) is 0 Å². The van der Waals surface area contributed by atoms with Gasteiger partial charge in [-0.3, -0.25) is 4.68 Å². The summed E-state index contributed by atoms with van der Waals surface area (Å²) in [4.78, 5) is 0. The predicted molar refractivity (Wildman–Crippen MR) is 82.4 cm³/mol. The Labute approximate surface area is 126 Å². The lowest BCUT2D eigenvalue weighted by Crippen LogP contribution is -2.19. The Kier molecular flexibility index (Phi) is 4.66. The molecule has 0 saturated heterocycles. The molecule has 0 aliphatic rings. The number of aryl methyl sites for hydroxylation is 1. The van der Waals surface area contributed by atoms with Crippen LogP contribution < -0.4 is 5.73 Å². The van der Waals surface area contributed by atoms with Gasteiger partial charge in [-0.1, -0.05) is 30.7 Å². The van der Waals surface area contributed by atoms with Crippen LogP contribution in [0, 0.1) is 6.92 Å². The SMILES string of the molecule is CCCn1ncc(Br)c1C(N)c1cccc(Cl)c1C. The first-order valence-electron chi connectivity index (χ1n) is 6.28. The number of aromatic nitrogens is 2. The number of benzene rings is 1. The maximum atomic E-state index is 6.41. The third kappa shape index (κ3) is 2.86. The molecule has 102 valence electrons. The zero-order valence-electron chi connectivity index (χ0n) is 11.0. The number of halogens is 2. The molecule has 0 radical (unpaired) electrons. The second-order valence-corrected chi connectivity index (χ2v) is 5.79. The largest absolute Gasteiger partial charge is 0.319 e. The quantitative estimate of drug-likeness (QED) is 0.910. The number of rotatable bonds is 4. The van der Waals surface area contributed by atoms with Crippen LogP contribution in [0.4, 0.5) is 0 Å². The zero-order valence-corrected chi connectivity index (χ0v) is 13.4. The molecule has 1 heterocycles. The van der Waals surface area contributed by atoms with Crippen molar-refractivity contribution >= 4 is 27.5 Å². The first-order valence-corrected chi connectivity index (χ1v) is 7.45. The minimum absolute atomic E-state index is 0.234. The molecule has 0 aliphatic carbocycles. The predicted octanol–water partition coefficient (Wildman–Crippen LogP) is 4.07. The van der Waals surface area contributed by atoms with Gasteiger partial charge in [0.1, 0.15) is 0 Å². The van der Waals surface area contributed by atoms with Gasteiger partial charge in [0, 0.05) is 11.6 Å². The summed E-state index contributed by atoms with van der Waals surface area (Å²) in [5.74, 6) is 0. The Balaban J connectivity index is 2.46.